The monoisotopic (exact) mass is 294 g/mol. The quantitative estimate of drug-likeness (QED) is 0.908. The summed E-state index contributed by atoms with van der Waals surface area (Å²) in [6.45, 7) is 0.932. The number of nitriles is 1. The zero-order valence-electron chi connectivity index (χ0n) is 9.74. The maximum Gasteiger partial charge on any atom is 0.133 e. The molecule has 1 aliphatic carbocycles. The van der Waals surface area contributed by atoms with Gasteiger partial charge < -0.3 is 4.74 Å². The lowest BCUT2D eigenvalue weighted by Crippen LogP contribution is -2.22. The van der Waals surface area contributed by atoms with Gasteiger partial charge in [0.2, 0.25) is 0 Å². The van der Waals surface area contributed by atoms with Crippen LogP contribution in [0, 0.1) is 17.2 Å². The second kappa shape index (κ2) is 5.52. The Kier molecular flexibility index (Phi) is 4.03. The van der Waals surface area contributed by atoms with Crippen LogP contribution in [0.1, 0.15) is 24.4 Å². The molecule has 0 aromatic heterocycles. The van der Waals surface area contributed by atoms with E-state index in [2.05, 4.69) is 27.3 Å². The van der Waals surface area contributed by atoms with Crippen molar-refractivity contribution in [1.29, 1.82) is 5.26 Å². The fourth-order valence-corrected chi connectivity index (χ4v) is 2.27. The van der Waals surface area contributed by atoms with Crippen LogP contribution in [-0.4, -0.2) is 13.7 Å². The Bertz CT molecular complexity index is 438. The highest BCUT2D eigenvalue weighted by atomic mass is 79.9. The van der Waals surface area contributed by atoms with Gasteiger partial charge in [0.05, 0.1) is 17.7 Å². The number of methoxy groups -OCH3 is 1. The summed E-state index contributed by atoms with van der Waals surface area (Å²) >= 11 is 3.43. The molecule has 1 aromatic rings. The minimum atomic E-state index is -0.238. The van der Waals surface area contributed by atoms with Crippen LogP contribution in [-0.2, 0) is 0 Å². The summed E-state index contributed by atoms with van der Waals surface area (Å²) in [6.07, 6.45) is 2.58. The Morgan fingerprint density at radius 3 is 2.88 bits per heavy atom. The van der Waals surface area contributed by atoms with Crippen molar-refractivity contribution in [3.63, 3.8) is 0 Å². The Balaban J connectivity index is 2.07. The predicted octanol–water partition coefficient (Wildman–Crippen LogP) is 3.02. The van der Waals surface area contributed by atoms with Crippen LogP contribution in [0.25, 0.3) is 0 Å². The molecule has 1 fully saturated rings. The van der Waals surface area contributed by atoms with Crippen molar-refractivity contribution in [1.82, 2.24) is 5.32 Å². The van der Waals surface area contributed by atoms with E-state index in [0.717, 1.165) is 28.2 Å². The zero-order chi connectivity index (χ0) is 12.3. The van der Waals surface area contributed by atoms with Crippen LogP contribution in [0.15, 0.2) is 22.7 Å². The molecule has 1 aromatic carbocycles. The van der Waals surface area contributed by atoms with Gasteiger partial charge in [-0.3, -0.25) is 5.32 Å². The highest BCUT2D eigenvalue weighted by Gasteiger charge is 2.22. The molecule has 0 spiro atoms. The molecular formula is C13H15BrN2O. The van der Waals surface area contributed by atoms with Crippen LogP contribution >= 0.6 is 15.9 Å². The number of ether oxygens (including phenoxy) is 1. The molecule has 0 amide bonds. The van der Waals surface area contributed by atoms with Crippen molar-refractivity contribution in [2.75, 3.05) is 13.7 Å². The molecule has 0 saturated heterocycles. The van der Waals surface area contributed by atoms with E-state index in [1.165, 1.54) is 12.8 Å². The first-order chi connectivity index (χ1) is 8.24. The highest BCUT2D eigenvalue weighted by molar-refractivity contribution is 9.10. The number of hydrogen-bond acceptors (Lipinski definition) is 3. The summed E-state index contributed by atoms with van der Waals surface area (Å²) < 4.78 is 6.05. The minimum absolute atomic E-state index is 0.238. The maximum absolute atomic E-state index is 9.17. The first-order valence-electron chi connectivity index (χ1n) is 5.71. The Morgan fingerprint density at radius 1 is 1.59 bits per heavy atom. The lowest BCUT2D eigenvalue weighted by Gasteiger charge is -2.13. The maximum atomic E-state index is 9.17. The van der Waals surface area contributed by atoms with Gasteiger partial charge in [0, 0.05) is 0 Å². The van der Waals surface area contributed by atoms with Crippen LogP contribution in [0.3, 0.4) is 0 Å². The summed E-state index contributed by atoms with van der Waals surface area (Å²) in [5.41, 5.74) is 0.973. The average Bonchev–Trinajstić information content (AvgIpc) is 3.14. The lowest BCUT2D eigenvalue weighted by atomic mass is 10.1. The van der Waals surface area contributed by atoms with E-state index < -0.39 is 0 Å². The van der Waals surface area contributed by atoms with Crippen molar-refractivity contribution in [2.24, 2.45) is 5.92 Å². The van der Waals surface area contributed by atoms with E-state index in [0.29, 0.717) is 0 Å². The fraction of sp³-hybridized carbons (Fsp3) is 0.462. The van der Waals surface area contributed by atoms with E-state index in [-0.39, 0.29) is 6.04 Å². The van der Waals surface area contributed by atoms with Crippen LogP contribution in [0.5, 0.6) is 5.75 Å². The number of nitrogens with zero attached hydrogens (tertiary/aromatic N) is 1. The van der Waals surface area contributed by atoms with Gasteiger partial charge in [-0.1, -0.05) is 6.07 Å². The standard InChI is InChI=1S/C13H15BrN2O/c1-17-13-5-4-10(6-11(13)14)12(7-15)16-8-9-2-3-9/h4-6,9,12,16H,2-3,8H2,1H3. The summed E-state index contributed by atoms with van der Waals surface area (Å²) in [5, 5.41) is 12.5. The predicted molar refractivity (Wildman–Crippen MR) is 69.8 cm³/mol. The van der Waals surface area contributed by atoms with E-state index in [1.54, 1.807) is 7.11 Å². The number of halogens is 1. The van der Waals surface area contributed by atoms with Crippen molar-refractivity contribution < 1.29 is 4.74 Å². The first kappa shape index (κ1) is 12.4. The summed E-state index contributed by atoms with van der Waals surface area (Å²) in [7, 11) is 1.63. The molecule has 1 unspecified atom stereocenters. The van der Waals surface area contributed by atoms with Crippen molar-refractivity contribution in [3.8, 4) is 11.8 Å². The van der Waals surface area contributed by atoms with E-state index in [1.807, 2.05) is 18.2 Å². The van der Waals surface area contributed by atoms with Crippen molar-refractivity contribution in [2.45, 2.75) is 18.9 Å². The molecule has 0 bridgehead atoms. The van der Waals surface area contributed by atoms with E-state index in [9.17, 15) is 5.26 Å². The number of nitrogens with one attached hydrogen (secondary N) is 1. The number of benzene rings is 1. The van der Waals surface area contributed by atoms with Gasteiger partial charge in [0.25, 0.3) is 0 Å². The van der Waals surface area contributed by atoms with Crippen molar-refractivity contribution in [3.05, 3.63) is 28.2 Å². The molecule has 17 heavy (non-hydrogen) atoms. The molecular weight excluding hydrogens is 280 g/mol. The fourth-order valence-electron chi connectivity index (χ4n) is 1.71. The van der Waals surface area contributed by atoms with Crippen LogP contribution < -0.4 is 10.1 Å². The third-order valence-electron chi connectivity index (χ3n) is 2.95. The SMILES string of the molecule is COc1ccc(C(C#N)NCC2CC2)cc1Br. The third kappa shape index (κ3) is 3.21. The van der Waals surface area contributed by atoms with Gasteiger partial charge in [-0.25, -0.2) is 0 Å². The second-order valence-corrected chi connectivity index (χ2v) is 5.16. The topological polar surface area (TPSA) is 45.0 Å². The van der Waals surface area contributed by atoms with E-state index >= 15 is 0 Å². The molecule has 3 nitrogen and oxygen atoms in total. The van der Waals surface area contributed by atoms with E-state index in [4.69, 9.17) is 4.74 Å². The Morgan fingerprint density at radius 2 is 2.35 bits per heavy atom. The molecule has 0 heterocycles. The Labute approximate surface area is 110 Å². The summed E-state index contributed by atoms with van der Waals surface area (Å²) in [4.78, 5) is 0. The molecule has 4 heteroatoms. The molecule has 0 aliphatic heterocycles. The first-order valence-corrected chi connectivity index (χ1v) is 6.50. The summed E-state index contributed by atoms with van der Waals surface area (Å²) in [5.74, 6) is 1.56. The minimum Gasteiger partial charge on any atom is -0.496 e. The smallest absolute Gasteiger partial charge is 0.133 e. The average molecular weight is 295 g/mol. The van der Waals surface area contributed by atoms with Gasteiger partial charge in [0.15, 0.2) is 0 Å². The van der Waals surface area contributed by atoms with Gasteiger partial charge in [-0.05, 0) is 58.9 Å². The highest BCUT2D eigenvalue weighted by Crippen LogP contribution is 2.30. The zero-order valence-corrected chi connectivity index (χ0v) is 11.3. The Hall–Kier alpha value is -1.05. The molecule has 1 N–H and O–H groups in total. The second-order valence-electron chi connectivity index (χ2n) is 4.31. The van der Waals surface area contributed by atoms with Gasteiger partial charge >= 0.3 is 0 Å². The molecule has 1 aliphatic rings. The molecule has 2 rings (SSSR count). The third-order valence-corrected chi connectivity index (χ3v) is 3.57. The van der Waals surface area contributed by atoms with Gasteiger partial charge in [0.1, 0.15) is 11.8 Å². The molecule has 0 radical (unpaired) electrons. The lowest BCUT2D eigenvalue weighted by molar-refractivity contribution is 0.412. The number of hydrogen-bond donors (Lipinski definition) is 1. The normalized spacial score (nSPS) is 16.3. The van der Waals surface area contributed by atoms with Crippen LogP contribution in [0.2, 0.25) is 0 Å². The molecule has 1 saturated carbocycles. The van der Waals surface area contributed by atoms with Gasteiger partial charge in [-0.2, -0.15) is 5.26 Å². The van der Waals surface area contributed by atoms with Crippen LogP contribution in [0.4, 0.5) is 0 Å². The number of rotatable bonds is 5. The summed E-state index contributed by atoms with van der Waals surface area (Å²) in [6, 6.07) is 7.80. The largest absolute Gasteiger partial charge is 0.496 e. The van der Waals surface area contributed by atoms with Gasteiger partial charge in [-0.15, -0.1) is 0 Å². The molecule has 90 valence electrons. The molecule has 1 atom stereocenters. The van der Waals surface area contributed by atoms with Crippen molar-refractivity contribution >= 4 is 15.9 Å².